The standard InChI is InChI=1S/C16H19BrN2O5/c1-4-5-24-15(21)12-8(2)18-16(22)19-13(12)9-6-10(17)14(20)11(7-9)23-3/h6-7,13,20H,4-5H2,1-3H3,(H2,18,19,22)/t13-/m0/s1. The van der Waals surface area contributed by atoms with Crippen LogP contribution in [-0.4, -0.2) is 30.8 Å². The van der Waals surface area contributed by atoms with E-state index >= 15 is 0 Å². The van der Waals surface area contributed by atoms with Crippen LogP contribution in [0, 0.1) is 0 Å². The average molecular weight is 399 g/mol. The normalized spacial score (nSPS) is 17.2. The van der Waals surface area contributed by atoms with Crippen LogP contribution in [0.5, 0.6) is 11.5 Å². The highest BCUT2D eigenvalue weighted by atomic mass is 79.9. The van der Waals surface area contributed by atoms with Gasteiger partial charge in [-0.15, -0.1) is 0 Å². The number of phenols is 1. The lowest BCUT2D eigenvalue weighted by Crippen LogP contribution is -2.45. The molecule has 130 valence electrons. The number of phenolic OH excluding ortho intramolecular Hbond substituents is 1. The summed E-state index contributed by atoms with van der Waals surface area (Å²) in [6, 6.07) is 2.05. The first-order valence-electron chi connectivity index (χ1n) is 7.40. The third kappa shape index (κ3) is 3.64. The van der Waals surface area contributed by atoms with E-state index in [1.807, 2.05) is 6.92 Å². The second kappa shape index (κ2) is 7.57. The Balaban J connectivity index is 2.49. The van der Waals surface area contributed by atoms with Gasteiger partial charge in [0.05, 0.1) is 29.8 Å². The molecule has 1 heterocycles. The summed E-state index contributed by atoms with van der Waals surface area (Å²) in [6.07, 6.45) is 0.696. The van der Waals surface area contributed by atoms with E-state index in [-0.39, 0.29) is 11.5 Å². The number of methoxy groups -OCH3 is 1. The van der Waals surface area contributed by atoms with Crippen molar-refractivity contribution in [3.8, 4) is 11.5 Å². The lowest BCUT2D eigenvalue weighted by molar-refractivity contribution is -0.139. The number of allylic oxidation sites excluding steroid dienone is 1. The van der Waals surface area contributed by atoms with E-state index in [0.717, 1.165) is 0 Å². The van der Waals surface area contributed by atoms with Gasteiger partial charge in [0.25, 0.3) is 0 Å². The number of esters is 1. The van der Waals surface area contributed by atoms with Crippen LogP contribution in [-0.2, 0) is 9.53 Å². The third-order valence-electron chi connectivity index (χ3n) is 3.53. The van der Waals surface area contributed by atoms with E-state index in [1.165, 1.54) is 7.11 Å². The van der Waals surface area contributed by atoms with Crippen molar-refractivity contribution in [1.82, 2.24) is 10.6 Å². The molecule has 0 saturated carbocycles. The molecule has 7 nitrogen and oxygen atoms in total. The summed E-state index contributed by atoms with van der Waals surface area (Å²) in [7, 11) is 1.42. The SMILES string of the molecule is CCCOC(=O)C1=C(C)NC(=O)N[C@H]1c1cc(Br)c(O)c(OC)c1. The first-order chi connectivity index (χ1) is 11.4. The number of aromatic hydroxyl groups is 1. The van der Waals surface area contributed by atoms with Crippen LogP contribution in [0.25, 0.3) is 0 Å². The molecule has 0 unspecified atom stereocenters. The molecule has 3 N–H and O–H groups in total. The number of amides is 2. The second-order valence-corrected chi connectivity index (χ2v) is 6.11. The Morgan fingerprint density at radius 3 is 2.75 bits per heavy atom. The Labute approximate surface area is 148 Å². The molecule has 0 radical (unpaired) electrons. The quantitative estimate of drug-likeness (QED) is 0.662. The van der Waals surface area contributed by atoms with Crippen LogP contribution < -0.4 is 15.4 Å². The van der Waals surface area contributed by atoms with Gasteiger partial charge in [-0.2, -0.15) is 0 Å². The molecule has 1 aromatic rings. The van der Waals surface area contributed by atoms with E-state index in [2.05, 4.69) is 26.6 Å². The predicted octanol–water partition coefficient (Wildman–Crippen LogP) is 2.74. The zero-order chi connectivity index (χ0) is 17.9. The van der Waals surface area contributed by atoms with Gasteiger partial charge < -0.3 is 25.2 Å². The molecule has 24 heavy (non-hydrogen) atoms. The highest BCUT2D eigenvalue weighted by molar-refractivity contribution is 9.10. The van der Waals surface area contributed by atoms with Gasteiger partial charge in [0.1, 0.15) is 0 Å². The zero-order valence-electron chi connectivity index (χ0n) is 13.6. The molecule has 0 aliphatic carbocycles. The maximum Gasteiger partial charge on any atom is 0.338 e. The fourth-order valence-corrected chi connectivity index (χ4v) is 2.86. The van der Waals surface area contributed by atoms with Gasteiger partial charge >= 0.3 is 12.0 Å². The Morgan fingerprint density at radius 1 is 1.42 bits per heavy atom. The number of urea groups is 1. The fraction of sp³-hybridized carbons (Fsp3) is 0.375. The molecule has 0 bridgehead atoms. The number of rotatable bonds is 5. The van der Waals surface area contributed by atoms with Crippen molar-refractivity contribution in [2.75, 3.05) is 13.7 Å². The van der Waals surface area contributed by atoms with Crippen LogP contribution in [0.2, 0.25) is 0 Å². The minimum atomic E-state index is -0.714. The molecule has 0 saturated heterocycles. The first kappa shape index (κ1) is 18.1. The topological polar surface area (TPSA) is 96.9 Å². The number of hydrogen-bond donors (Lipinski definition) is 3. The number of nitrogens with one attached hydrogen (secondary N) is 2. The van der Waals surface area contributed by atoms with Crippen molar-refractivity contribution in [2.45, 2.75) is 26.3 Å². The number of carbonyl (C=O) groups is 2. The Hall–Kier alpha value is -2.22. The smallest absolute Gasteiger partial charge is 0.338 e. The molecule has 0 aromatic heterocycles. The Morgan fingerprint density at radius 2 is 2.12 bits per heavy atom. The molecule has 1 atom stereocenters. The molecule has 2 amide bonds. The van der Waals surface area contributed by atoms with Gasteiger partial charge in [0.2, 0.25) is 0 Å². The van der Waals surface area contributed by atoms with Gasteiger partial charge in [-0.05, 0) is 47.0 Å². The van der Waals surface area contributed by atoms with Crippen LogP contribution in [0.3, 0.4) is 0 Å². The largest absolute Gasteiger partial charge is 0.503 e. The lowest BCUT2D eigenvalue weighted by atomic mass is 9.95. The minimum absolute atomic E-state index is 0.0580. The van der Waals surface area contributed by atoms with Crippen molar-refractivity contribution in [1.29, 1.82) is 0 Å². The number of benzene rings is 1. The molecule has 0 fully saturated rings. The molecule has 8 heteroatoms. The molecule has 1 aliphatic rings. The van der Waals surface area contributed by atoms with E-state index in [1.54, 1.807) is 19.1 Å². The lowest BCUT2D eigenvalue weighted by Gasteiger charge is -2.28. The van der Waals surface area contributed by atoms with E-state index in [9.17, 15) is 14.7 Å². The van der Waals surface area contributed by atoms with Crippen LogP contribution in [0.4, 0.5) is 4.79 Å². The fourth-order valence-electron chi connectivity index (χ4n) is 2.40. The molecule has 1 aliphatic heterocycles. The Bertz CT molecular complexity index is 702. The molecule has 0 spiro atoms. The Kier molecular flexibility index (Phi) is 5.71. The van der Waals surface area contributed by atoms with Gasteiger partial charge in [-0.1, -0.05) is 6.92 Å². The third-order valence-corrected chi connectivity index (χ3v) is 4.13. The maximum absolute atomic E-state index is 12.4. The summed E-state index contributed by atoms with van der Waals surface area (Å²) in [5.74, 6) is -0.335. The summed E-state index contributed by atoms with van der Waals surface area (Å²) in [6.45, 7) is 3.83. The van der Waals surface area contributed by atoms with Gasteiger partial charge in [-0.25, -0.2) is 9.59 Å². The summed E-state index contributed by atoms with van der Waals surface area (Å²) < 4.78 is 10.7. The molecular weight excluding hydrogens is 380 g/mol. The van der Waals surface area contributed by atoms with Crippen molar-refractivity contribution in [3.05, 3.63) is 33.4 Å². The van der Waals surface area contributed by atoms with E-state index in [4.69, 9.17) is 9.47 Å². The van der Waals surface area contributed by atoms with Crippen LogP contribution in [0.15, 0.2) is 27.9 Å². The van der Waals surface area contributed by atoms with Gasteiger partial charge in [-0.3, -0.25) is 0 Å². The highest BCUT2D eigenvalue weighted by Gasteiger charge is 2.33. The molecule has 2 rings (SSSR count). The second-order valence-electron chi connectivity index (χ2n) is 5.26. The van der Waals surface area contributed by atoms with Crippen molar-refractivity contribution < 1.29 is 24.2 Å². The minimum Gasteiger partial charge on any atom is -0.503 e. The summed E-state index contributed by atoms with van der Waals surface area (Å²) in [5, 5.41) is 15.2. The summed E-state index contributed by atoms with van der Waals surface area (Å²) >= 11 is 3.24. The monoisotopic (exact) mass is 398 g/mol. The average Bonchev–Trinajstić information content (AvgIpc) is 2.54. The number of carbonyl (C=O) groups excluding carboxylic acids is 2. The number of hydrogen-bond acceptors (Lipinski definition) is 5. The maximum atomic E-state index is 12.4. The number of ether oxygens (including phenoxy) is 2. The number of halogens is 1. The molecular formula is C16H19BrN2O5. The summed E-state index contributed by atoms with van der Waals surface area (Å²) in [4.78, 5) is 24.2. The van der Waals surface area contributed by atoms with Crippen molar-refractivity contribution in [3.63, 3.8) is 0 Å². The van der Waals surface area contributed by atoms with Gasteiger partial charge in [0, 0.05) is 5.70 Å². The highest BCUT2D eigenvalue weighted by Crippen LogP contribution is 2.39. The molecule has 1 aromatic carbocycles. The van der Waals surface area contributed by atoms with Crippen LogP contribution >= 0.6 is 15.9 Å². The first-order valence-corrected chi connectivity index (χ1v) is 8.20. The van der Waals surface area contributed by atoms with Crippen LogP contribution in [0.1, 0.15) is 31.9 Å². The van der Waals surface area contributed by atoms with Crippen molar-refractivity contribution >= 4 is 27.9 Å². The van der Waals surface area contributed by atoms with Crippen molar-refractivity contribution in [2.24, 2.45) is 0 Å². The summed E-state index contributed by atoms with van der Waals surface area (Å²) in [5.41, 5.74) is 1.31. The van der Waals surface area contributed by atoms with Gasteiger partial charge in [0.15, 0.2) is 11.5 Å². The van der Waals surface area contributed by atoms with E-state index in [0.29, 0.717) is 34.3 Å². The zero-order valence-corrected chi connectivity index (χ0v) is 15.2. The van der Waals surface area contributed by atoms with E-state index < -0.39 is 18.0 Å². The predicted molar refractivity (Wildman–Crippen MR) is 90.7 cm³/mol.